The Morgan fingerprint density at radius 3 is 2.35 bits per heavy atom. The fraction of sp³-hybridized carbons (Fsp3) is 0.385. The quantitative estimate of drug-likeness (QED) is 0.721. The number of rotatable bonds is 2. The first-order valence-corrected chi connectivity index (χ1v) is 5.28. The lowest BCUT2D eigenvalue weighted by Crippen LogP contribution is -2.23. The molecule has 0 aliphatic heterocycles. The number of alkyl halides is 3. The molecule has 1 aliphatic rings. The summed E-state index contributed by atoms with van der Waals surface area (Å²) >= 11 is 0. The Labute approximate surface area is 97.6 Å². The van der Waals surface area contributed by atoms with Crippen molar-refractivity contribution < 1.29 is 17.9 Å². The zero-order chi connectivity index (χ0) is 12.4. The van der Waals surface area contributed by atoms with E-state index >= 15 is 0 Å². The van der Waals surface area contributed by atoms with Crippen LogP contribution in [0.1, 0.15) is 18.4 Å². The fourth-order valence-corrected chi connectivity index (χ4v) is 1.35. The van der Waals surface area contributed by atoms with E-state index in [0.717, 1.165) is 5.56 Å². The van der Waals surface area contributed by atoms with E-state index in [-0.39, 0.29) is 0 Å². The van der Waals surface area contributed by atoms with Gasteiger partial charge in [-0.1, -0.05) is 30.0 Å². The molecule has 0 atom stereocenters. The molecule has 1 saturated carbocycles. The van der Waals surface area contributed by atoms with Crippen molar-refractivity contribution in [2.45, 2.75) is 24.6 Å². The van der Waals surface area contributed by atoms with Crippen molar-refractivity contribution in [1.82, 2.24) is 0 Å². The van der Waals surface area contributed by atoms with Gasteiger partial charge in [-0.05, 0) is 25.0 Å². The van der Waals surface area contributed by atoms with E-state index in [0.29, 0.717) is 12.8 Å². The van der Waals surface area contributed by atoms with Crippen LogP contribution in [0.25, 0.3) is 0 Å². The zero-order valence-corrected chi connectivity index (χ0v) is 9.05. The highest BCUT2D eigenvalue weighted by Gasteiger charge is 2.45. The molecule has 1 aliphatic carbocycles. The van der Waals surface area contributed by atoms with Gasteiger partial charge in [0.05, 0.1) is 0 Å². The highest BCUT2D eigenvalue weighted by Crippen LogP contribution is 2.40. The maximum absolute atomic E-state index is 12.0. The molecule has 1 fully saturated rings. The zero-order valence-electron chi connectivity index (χ0n) is 9.05. The molecule has 1 aromatic carbocycles. The Kier molecular flexibility index (Phi) is 3.12. The molecule has 4 heteroatoms. The first-order valence-electron chi connectivity index (χ1n) is 5.28. The topological polar surface area (TPSA) is 9.23 Å². The van der Waals surface area contributed by atoms with Crippen molar-refractivity contribution in [3.8, 4) is 11.8 Å². The third-order valence-corrected chi connectivity index (χ3v) is 2.42. The maximum Gasteiger partial charge on any atom is 0.411 e. The van der Waals surface area contributed by atoms with E-state index in [4.69, 9.17) is 4.74 Å². The molecule has 0 spiro atoms. The first-order chi connectivity index (χ1) is 7.99. The molecule has 17 heavy (non-hydrogen) atoms. The van der Waals surface area contributed by atoms with Gasteiger partial charge in [-0.3, -0.25) is 0 Å². The fourth-order valence-electron chi connectivity index (χ4n) is 1.35. The average Bonchev–Trinajstić information content (AvgIpc) is 3.05. The smallest absolute Gasteiger partial charge is 0.353 e. The number of halogens is 3. The van der Waals surface area contributed by atoms with Gasteiger partial charge >= 0.3 is 6.18 Å². The molecule has 1 nitrogen and oxygen atoms in total. The number of ether oxygens (including phenoxy) is 1. The van der Waals surface area contributed by atoms with Crippen molar-refractivity contribution in [1.29, 1.82) is 0 Å². The van der Waals surface area contributed by atoms with Gasteiger partial charge in [0.2, 0.25) is 0 Å². The van der Waals surface area contributed by atoms with Crippen LogP contribution >= 0.6 is 0 Å². The summed E-state index contributed by atoms with van der Waals surface area (Å²) in [5, 5.41) is 0. The van der Waals surface area contributed by atoms with Gasteiger partial charge in [0, 0.05) is 5.56 Å². The van der Waals surface area contributed by atoms with Gasteiger partial charge in [-0.25, -0.2) is 0 Å². The van der Waals surface area contributed by atoms with Crippen LogP contribution in [0.3, 0.4) is 0 Å². The molecule has 0 saturated heterocycles. The summed E-state index contributed by atoms with van der Waals surface area (Å²) in [6, 6.07) is 9.15. The highest BCUT2D eigenvalue weighted by atomic mass is 19.4. The Hall–Kier alpha value is -1.47. The van der Waals surface area contributed by atoms with Crippen LogP contribution in [-0.2, 0) is 4.74 Å². The minimum absolute atomic E-state index is 0.572. The second-order valence-corrected chi connectivity index (χ2v) is 4.01. The van der Waals surface area contributed by atoms with Gasteiger partial charge in [0.25, 0.3) is 0 Å². The lowest BCUT2D eigenvalue weighted by Gasteiger charge is -2.11. The van der Waals surface area contributed by atoms with Crippen molar-refractivity contribution in [3.63, 3.8) is 0 Å². The van der Waals surface area contributed by atoms with E-state index in [9.17, 15) is 13.2 Å². The van der Waals surface area contributed by atoms with Gasteiger partial charge in [0.1, 0.15) is 12.2 Å². The summed E-state index contributed by atoms with van der Waals surface area (Å²) in [4.78, 5) is 0. The van der Waals surface area contributed by atoms with Crippen LogP contribution in [0.4, 0.5) is 13.2 Å². The molecule has 0 amide bonds. The highest BCUT2D eigenvalue weighted by molar-refractivity contribution is 5.38. The Morgan fingerprint density at radius 1 is 1.18 bits per heavy atom. The summed E-state index contributed by atoms with van der Waals surface area (Å²) in [5.41, 5.74) is -0.0832. The summed E-state index contributed by atoms with van der Waals surface area (Å²) < 4.78 is 40.8. The Morgan fingerprint density at radius 2 is 1.82 bits per heavy atom. The average molecular weight is 240 g/mol. The van der Waals surface area contributed by atoms with E-state index in [1.54, 1.807) is 0 Å². The van der Waals surface area contributed by atoms with Crippen molar-refractivity contribution in [2.24, 2.45) is 0 Å². The SMILES string of the molecule is FC(F)(F)COC1(C#Cc2ccccc2)CC1. The number of benzene rings is 1. The Bertz CT molecular complexity index is 435. The second kappa shape index (κ2) is 4.42. The number of hydrogen-bond donors (Lipinski definition) is 0. The predicted molar refractivity (Wildman–Crippen MR) is 57.3 cm³/mol. The summed E-state index contributed by atoms with van der Waals surface area (Å²) in [5.74, 6) is 5.63. The third-order valence-electron chi connectivity index (χ3n) is 2.42. The molecule has 0 bridgehead atoms. The molecule has 0 aromatic heterocycles. The van der Waals surface area contributed by atoms with E-state index < -0.39 is 18.4 Å². The molecule has 90 valence electrons. The molecule has 2 rings (SSSR count). The van der Waals surface area contributed by atoms with Crippen LogP contribution in [0.2, 0.25) is 0 Å². The largest absolute Gasteiger partial charge is 0.411 e. The predicted octanol–water partition coefficient (Wildman–Crippen LogP) is 3.15. The molecule has 0 radical (unpaired) electrons. The maximum atomic E-state index is 12.0. The van der Waals surface area contributed by atoms with Crippen molar-refractivity contribution in [2.75, 3.05) is 6.61 Å². The summed E-state index contributed by atoms with van der Waals surface area (Å²) in [6.45, 7) is -1.23. The van der Waals surface area contributed by atoms with E-state index in [2.05, 4.69) is 11.8 Å². The minimum atomic E-state index is -4.29. The van der Waals surface area contributed by atoms with Gasteiger partial charge < -0.3 is 4.74 Å². The van der Waals surface area contributed by atoms with Crippen LogP contribution in [0, 0.1) is 11.8 Å². The van der Waals surface area contributed by atoms with Crippen LogP contribution < -0.4 is 0 Å². The lowest BCUT2D eigenvalue weighted by molar-refractivity contribution is -0.183. The third kappa shape index (κ3) is 3.79. The van der Waals surface area contributed by atoms with Crippen LogP contribution in [-0.4, -0.2) is 18.4 Å². The van der Waals surface area contributed by atoms with Crippen molar-refractivity contribution in [3.05, 3.63) is 35.9 Å². The Balaban J connectivity index is 1.97. The molecule has 0 unspecified atom stereocenters. The molecule has 0 N–H and O–H groups in total. The van der Waals surface area contributed by atoms with Gasteiger partial charge in [-0.15, -0.1) is 0 Å². The first kappa shape index (κ1) is 12.0. The molecule has 0 heterocycles. The number of hydrogen-bond acceptors (Lipinski definition) is 1. The normalized spacial score (nSPS) is 17.1. The molecular weight excluding hydrogens is 229 g/mol. The van der Waals surface area contributed by atoms with Crippen LogP contribution in [0.15, 0.2) is 30.3 Å². The summed E-state index contributed by atoms with van der Waals surface area (Å²) in [7, 11) is 0. The van der Waals surface area contributed by atoms with Crippen LogP contribution in [0.5, 0.6) is 0 Å². The standard InChI is InChI=1S/C13H11F3O/c14-13(15,16)10-17-12(8-9-12)7-6-11-4-2-1-3-5-11/h1-5H,8-10H2. The van der Waals surface area contributed by atoms with E-state index in [1.165, 1.54) is 0 Å². The second-order valence-electron chi connectivity index (χ2n) is 4.01. The minimum Gasteiger partial charge on any atom is -0.353 e. The molecule has 1 aromatic rings. The van der Waals surface area contributed by atoms with Gasteiger partial charge in [0.15, 0.2) is 0 Å². The van der Waals surface area contributed by atoms with Gasteiger partial charge in [-0.2, -0.15) is 13.2 Å². The summed E-state index contributed by atoms with van der Waals surface area (Å²) in [6.07, 6.45) is -3.14. The van der Waals surface area contributed by atoms with Crippen molar-refractivity contribution >= 4 is 0 Å². The molecular formula is C13H11F3O. The van der Waals surface area contributed by atoms with E-state index in [1.807, 2.05) is 30.3 Å². The lowest BCUT2D eigenvalue weighted by atomic mass is 10.2. The monoisotopic (exact) mass is 240 g/mol.